The highest BCUT2D eigenvalue weighted by atomic mass is 35.5. The number of aliphatic hydroxyl groups is 1. The van der Waals surface area contributed by atoms with Crippen molar-refractivity contribution in [1.82, 2.24) is 5.32 Å². The number of hydrogen-bond acceptors (Lipinski definition) is 4. The first kappa shape index (κ1) is 18.2. The third-order valence-corrected chi connectivity index (χ3v) is 3.65. The van der Waals surface area contributed by atoms with Gasteiger partial charge in [0.15, 0.2) is 0 Å². The van der Waals surface area contributed by atoms with Crippen molar-refractivity contribution in [3.63, 3.8) is 0 Å². The Bertz CT molecular complexity index is 480. The van der Waals surface area contributed by atoms with Crippen molar-refractivity contribution in [2.45, 2.75) is 32.4 Å². The number of esters is 1. The molecule has 0 spiro atoms. The minimum absolute atomic E-state index is 0.187. The number of methoxy groups -OCH3 is 1. The van der Waals surface area contributed by atoms with Crippen LogP contribution in [0.3, 0.4) is 0 Å². The van der Waals surface area contributed by atoms with Crippen molar-refractivity contribution in [1.29, 1.82) is 0 Å². The van der Waals surface area contributed by atoms with Crippen LogP contribution in [0.1, 0.15) is 31.9 Å². The highest BCUT2D eigenvalue weighted by Crippen LogP contribution is 2.26. The number of ether oxygens (including phenoxy) is 1. The molecule has 0 saturated carbocycles. The Morgan fingerprint density at radius 2 is 2.05 bits per heavy atom. The Morgan fingerprint density at radius 3 is 2.62 bits per heavy atom. The van der Waals surface area contributed by atoms with E-state index in [1.165, 1.54) is 7.11 Å². The normalized spacial score (nSPS) is 14.0. The molecular weight excluding hydrogens is 313 g/mol. The van der Waals surface area contributed by atoms with Gasteiger partial charge in [-0.3, -0.25) is 4.79 Å². The molecule has 0 fully saturated rings. The maximum atomic E-state index is 11.7. The highest BCUT2D eigenvalue weighted by Gasteiger charge is 2.22. The second-order valence-corrected chi connectivity index (χ2v) is 6.14. The first-order chi connectivity index (χ1) is 9.85. The summed E-state index contributed by atoms with van der Waals surface area (Å²) >= 11 is 11.9. The van der Waals surface area contributed by atoms with E-state index in [0.717, 1.165) is 0 Å². The van der Waals surface area contributed by atoms with Crippen molar-refractivity contribution >= 4 is 29.2 Å². The molecule has 0 aliphatic rings. The Labute approximate surface area is 135 Å². The van der Waals surface area contributed by atoms with Crippen LogP contribution in [-0.4, -0.2) is 30.8 Å². The van der Waals surface area contributed by atoms with Gasteiger partial charge in [0, 0.05) is 22.2 Å². The molecule has 0 saturated heterocycles. The SMILES string of the molecule is COC(=O)C(CC(C)C)NCC(O)c1cc(Cl)ccc1Cl. The van der Waals surface area contributed by atoms with E-state index in [4.69, 9.17) is 27.9 Å². The summed E-state index contributed by atoms with van der Waals surface area (Å²) in [4.78, 5) is 11.7. The molecule has 0 amide bonds. The highest BCUT2D eigenvalue weighted by molar-refractivity contribution is 6.33. The molecule has 4 nitrogen and oxygen atoms in total. The minimum Gasteiger partial charge on any atom is -0.468 e. The van der Waals surface area contributed by atoms with E-state index in [2.05, 4.69) is 5.32 Å². The smallest absolute Gasteiger partial charge is 0.322 e. The minimum atomic E-state index is -0.851. The number of nitrogens with one attached hydrogen (secondary N) is 1. The summed E-state index contributed by atoms with van der Waals surface area (Å²) in [5, 5.41) is 14.2. The van der Waals surface area contributed by atoms with E-state index < -0.39 is 12.1 Å². The molecule has 0 aliphatic heterocycles. The molecule has 0 bridgehead atoms. The predicted octanol–water partition coefficient (Wildman–Crippen LogP) is 3.20. The third kappa shape index (κ3) is 5.83. The van der Waals surface area contributed by atoms with Gasteiger partial charge in [-0.1, -0.05) is 37.0 Å². The molecule has 1 aromatic rings. The van der Waals surface area contributed by atoms with Gasteiger partial charge in [0.1, 0.15) is 6.04 Å². The third-order valence-electron chi connectivity index (χ3n) is 3.07. The Kier molecular flexibility index (Phi) is 7.46. The van der Waals surface area contributed by atoms with Crippen molar-refractivity contribution < 1.29 is 14.6 Å². The maximum absolute atomic E-state index is 11.7. The van der Waals surface area contributed by atoms with Gasteiger partial charge < -0.3 is 15.2 Å². The molecule has 2 N–H and O–H groups in total. The van der Waals surface area contributed by atoms with Crippen molar-refractivity contribution in [3.05, 3.63) is 33.8 Å². The van der Waals surface area contributed by atoms with Crippen LogP contribution < -0.4 is 5.32 Å². The molecule has 118 valence electrons. The number of carbonyl (C=O) groups excluding carboxylic acids is 1. The van der Waals surface area contributed by atoms with Crippen LogP contribution in [0, 0.1) is 5.92 Å². The van der Waals surface area contributed by atoms with Gasteiger partial charge in [-0.05, 0) is 30.5 Å². The van der Waals surface area contributed by atoms with Gasteiger partial charge in [0.05, 0.1) is 13.2 Å². The molecule has 0 aromatic heterocycles. The molecule has 0 heterocycles. The lowest BCUT2D eigenvalue weighted by Gasteiger charge is -2.21. The monoisotopic (exact) mass is 333 g/mol. The first-order valence-corrected chi connectivity index (χ1v) is 7.55. The van der Waals surface area contributed by atoms with Gasteiger partial charge >= 0.3 is 5.97 Å². The number of halogens is 2. The van der Waals surface area contributed by atoms with Crippen LogP contribution in [0.2, 0.25) is 10.0 Å². The average Bonchev–Trinajstić information content (AvgIpc) is 2.44. The average molecular weight is 334 g/mol. The lowest BCUT2D eigenvalue weighted by molar-refractivity contribution is -0.143. The van der Waals surface area contributed by atoms with Gasteiger partial charge in [-0.15, -0.1) is 0 Å². The maximum Gasteiger partial charge on any atom is 0.322 e. The lowest BCUT2D eigenvalue weighted by Crippen LogP contribution is -2.40. The molecule has 2 unspecified atom stereocenters. The van der Waals surface area contributed by atoms with Gasteiger partial charge in [-0.25, -0.2) is 0 Å². The molecule has 1 aromatic carbocycles. The number of hydrogen-bond donors (Lipinski definition) is 2. The summed E-state index contributed by atoms with van der Waals surface area (Å²) < 4.78 is 4.76. The lowest BCUT2D eigenvalue weighted by atomic mass is 10.0. The van der Waals surface area contributed by atoms with E-state index in [0.29, 0.717) is 27.9 Å². The Hall–Kier alpha value is -0.810. The zero-order valence-electron chi connectivity index (χ0n) is 12.4. The Morgan fingerprint density at radius 1 is 1.38 bits per heavy atom. The largest absolute Gasteiger partial charge is 0.468 e. The van der Waals surface area contributed by atoms with Gasteiger partial charge in [-0.2, -0.15) is 0 Å². The second-order valence-electron chi connectivity index (χ2n) is 5.30. The number of carbonyl (C=O) groups is 1. The summed E-state index contributed by atoms with van der Waals surface area (Å²) in [6.45, 7) is 4.22. The van der Waals surface area contributed by atoms with Crippen LogP contribution >= 0.6 is 23.2 Å². The van der Waals surface area contributed by atoms with E-state index in [1.54, 1.807) is 18.2 Å². The van der Waals surface area contributed by atoms with E-state index in [-0.39, 0.29) is 12.5 Å². The van der Waals surface area contributed by atoms with Gasteiger partial charge in [0.2, 0.25) is 0 Å². The molecular formula is C15H21Cl2NO3. The van der Waals surface area contributed by atoms with Crippen LogP contribution in [0.15, 0.2) is 18.2 Å². The van der Waals surface area contributed by atoms with Crippen LogP contribution in [0.4, 0.5) is 0 Å². The Balaban J connectivity index is 2.70. The summed E-state index contributed by atoms with van der Waals surface area (Å²) in [6.07, 6.45) is -0.224. The van der Waals surface area contributed by atoms with E-state index >= 15 is 0 Å². The summed E-state index contributed by atoms with van der Waals surface area (Å²) in [6, 6.07) is 4.45. The van der Waals surface area contributed by atoms with Crippen molar-refractivity contribution in [2.75, 3.05) is 13.7 Å². The fourth-order valence-corrected chi connectivity index (χ4v) is 2.43. The second kappa shape index (κ2) is 8.59. The summed E-state index contributed by atoms with van der Waals surface area (Å²) in [5.74, 6) is -0.0124. The molecule has 0 radical (unpaired) electrons. The zero-order chi connectivity index (χ0) is 16.0. The molecule has 6 heteroatoms. The fourth-order valence-electron chi connectivity index (χ4n) is 2.01. The quantitative estimate of drug-likeness (QED) is 0.752. The molecule has 21 heavy (non-hydrogen) atoms. The standard InChI is InChI=1S/C15H21Cl2NO3/c1-9(2)6-13(15(20)21-3)18-8-14(19)11-7-10(16)4-5-12(11)17/h4-5,7,9,13-14,18-19H,6,8H2,1-3H3. The van der Waals surface area contributed by atoms with Gasteiger partial charge in [0.25, 0.3) is 0 Å². The summed E-state index contributed by atoms with van der Waals surface area (Å²) in [7, 11) is 1.35. The van der Waals surface area contributed by atoms with Crippen LogP contribution in [0.25, 0.3) is 0 Å². The van der Waals surface area contributed by atoms with Crippen molar-refractivity contribution in [3.8, 4) is 0 Å². The number of rotatable bonds is 7. The molecule has 0 aliphatic carbocycles. The topological polar surface area (TPSA) is 58.6 Å². The zero-order valence-corrected chi connectivity index (χ0v) is 13.9. The van der Waals surface area contributed by atoms with E-state index in [1.807, 2.05) is 13.8 Å². The van der Waals surface area contributed by atoms with Crippen LogP contribution in [0.5, 0.6) is 0 Å². The number of aliphatic hydroxyl groups excluding tert-OH is 1. The fraction of sp³-hybridized carbons (Fsp3) is 0.533. The molecule has 2 atom stereocenters. The first-order valence-electron chi connectivity index (χ1n) is 6.79. The molecule has 1 rings (SSSR count). The van der Waals surface area contributed by atoms with Crippen molar-refractivity contribution in [2.24, 2.45) is 5.92 Å². The summed E-state index contributed by atoms with van der Waals surface area (Å²) in [5.41, 5.74) is 0.532. The predicted molar refractivity (Wildman–Crippen MR) is 84.7 cm³/mol. The van der Waals surface area contributed by atoms with E-state index in [9.17, 15) is 9.90 Å². The van der Waals surface area contributed by atoms with Crippen LogP contribution in [-0.2, 0) is 9.53 Å². The number of benzene rings is 1.